The zero-order valence-electron chi connectivity index (χ0n) is 9.52. The van der Waals surface area contributed by atoms with Gasteiger partial charge in [0, 0.05) is 19.1 Å². The third-order valence-electron chi connectivity index (χ3n) is 1.27. The van der Waals surface area contributed by atoms with Gasteiger partial charge in [-0.05, 0) is 6.92 Å². The third kappa shape index (κ3) is 11.4. The molecule has 0 aromatic carbocycles. The quantitative estimate of drug-likeness (QED) is 0.670. The van der Waals surface area contributed by atoms with E-state index in [1.165, 1.54) is 0 Å². The minimum atomic E-state index is 0.0663. The molecule has 0 aromatic heterocycles. The SMILES string of the molecule is CC.CCOCCNC(=O)C(C)C. The molecule has 0 atom stereocenters. The van der Waals surface area contributed by atoms with Gasteiger partial charge in [-0.15, -0.1) is 0 Å². The number of hydrogen-bond acceptors (Lipinski definition) is 2. The molecule has 0 heterocycles. The number of carbonyl (C=O) groups is 1. The van der Waals surface area contributed by atoms with E-state index in [4.69, 9.17) is 4.74 Å². The number of hydrogen-bond donors (Lipinski definition) is 1. The molecule has 0 radical (unpaired) electrons. The molecule has 3 nitrogen and oxygen atoms in total. The van der Waals surface area contributed by atoms with E-state index in [1.807, 2.05) is 34.6 Å². The molecule has 0 fully saturated rings. The Bertz CT molecular complexity index is 113. The van der Waals surface area contributed by atoms with Crippen molar-refractivity contribution < 1.29 is 9.53 Å². The van der Waals surface area contributed by atoms with Crippen LogP contribution in [-0.2, 0) is 9.53 Å². The maximum Gasteiger partial charge on any atom is 0.222 e. The van der Waals surface area contributed by atoms with Crippen LogP contribution in [0.5, 0.6) is 0 Å². The van der Waals surface area contributed by atoms with Crippen molar-refractivity contribution in [3.05, 3.63) is 0 Å². The summed E-state index contributed by atoms with van der Waals surface area (Å²) in [5.74, 6) is 0.154. The molecular formula is C10H23NO2. The van der Waals surface area contributed by atoms with Crippen LogP contribution in [-0.4, -0.2) is 25.7 Å². The van der Waals surface area contributed by atoms with Gasteiger partial charge in [0.05, 0.1) is 6.61 Å². The zero-order chi connectivity index (χ0) is 10.7. The molecule has 0 unspecified atom stereocenters. The highest BCUT2D eigenvalue weighted by Gasteiger charge is 2.03. The Labute approximate surface area is 81.9 Å². The van der Waals surface area contributed by atoms with Crippen LogP contribution >= 0.6 is 0 Å². The molecule has 13 heavy (non-hydrogen) atoms. The van der Waals surface area contributed by atoms with E-state index in [0.29, 0.717) is 19.8 Å². The average Bonchev–Trinajstić information content (AvgIpc) is 2.15. The predicted molar refractivity (Wildman–Crippen MR) is 55.7 cm³/mol. The summed E-state index contributed by atoms with van der Waals surface area (Å²) in [5.41, 5.74) is 0. The number of nitrogens with one attached hydrogen (secondary N) is 1. The summed E-state index contributed by atoms with van der Waals surface area (Å²) in [6.07, 6.45) is 0. The van der Waals surface area contributed by atoms with Crippen molar-refractivity contribution in [1.82, 2.24) is 5.32 Å². The molecule has 1 amide bonds. The second-order valence-electron chi connectivity index (χ2n) is 2.64. The summed E-state index contributed by atoms with van der Waals surface area (Å²) in [4.78, 5) is 10.9. The Balaban J connectivity index is 0. The average molecular weight is 189 g/mol. The van der Waals surface area contributed by atoms with Crippen LogP contribution in [0.3, 0.4) is 0 Å². The van der Waals surface area contributed by atoms with Crippen LogP contribution in [0.15, 0.2) is 0 Å². The van der Waals surface area contributed by atoms with Crippen molar-refractivity contribution in [2.45, 2.75) is 34.6 Å². The van der Waals surface area contributed by atoms with Crippen LogP contribution < -0.4 is 5.32 Å². The van der Waals surface area contributed by atoms with E-state index in [2.05, 4.69) is 5.32 Å². The molecule has 0 aliphatic rings. The molecule has 1 N–H and O–H groups in total. The van der Waals surface area contributed by atoms with E-state index in [-0.39, 0.29) is 11.8 Å². The van der Waals surface area contributed by atoms with Crippen molar-refractivity contribution in [3.63, 3.8) is 0 Å². The van der Waals surface area contributed by atoms with Crippen molar-refractivity contribution >= 4 is 5.91 Å². The fraction of sp³-hybridized carbons (Fsp3) is 0.900. The molecule has 3 heteroatoms. The zero-order valence-corrected chi connectivity index (χ0v) is 9.52. The molecule has 0 saturated heterocycles. The van der Waals surface area contributed by atoms with Crippen molar-refractivity contribution in [2.24, 2.45) is 5.92 Å². The fourth-order valence-corrected chi connectivity index (χ4v) is 0.595. The fourth-order valence-electron chi connectivity index (χ4n) is 0.595. The molecule has 0 aliphatic heterocycles. The lowest BCUT2D eigenvalue weighted by Crippen LogP contribution is -2.30. The van der Waals surface area contributed by atoms with Crippen molar-refractivity contribution in [3.8, 4) is 0 Å². The maximum absolute atomic E-state index is 10.9. The lowest BCUT2D eigenvalue weighted by Gasteiger charge is -2.06. The maximum atomic E-state index is 10.9. The van der Waals surface area contributed by atoms with Crippen LogP contribution in [0.1, 0.15) is 34.6 Å². The van der Waals surface area contributed by atoms with E-state index in [9.17, 15) is 4.79 Å². The molecule has 0 rings (SSSR count). The first-order valence-electron chi connectivity index (χ1n) is 5.04. The topological polar surface area (TPSA) is 38.3 Å². The number of ether oxygens (including phenoxy) is 1. The Kier molecular flexibility index (Phi) is 13.1. The number of carbonyl (C=O) groups excluding carboxylic acids is 1. The van der Waals surface area contributed by atoms with Gasteiger partial charge in [-0.2, -0.15) is 0 Å². The molecule has 0 saturated carbocycles. The minimum absolute atomic E-state index is 0.0663. The summed E-state index contributed by atoms with van der Waals surface area (Å²) in [6, 6.07) is 0. The molecule has 0 bridgehead atoms. The summed E-state index contributed by atoms with van der Waals surface area (Å²) in [5, 5.41) is 2.75. The Morgan fingerprint density at radius 1 is 1.38 bits per heavy atom. The second kappa shape index (κ2) is 11.4. The van der Waals surface area contributed by atoms with Gasteiger partial charge in [0.15, 0.2) is 0 Å². The smallest absolute Gasteiger partial charge is 0.222 e. The van der Waals surface area contributed by atoms with Gasteiger partial charge in [-0.1, -0.05) is 27.7 Å². The summed E-state index contributed by atoms with van der Waals surface area (Å²) >= 11 is 0. The van der Waals surface area contributed by atoms with Crippen LogP contribution in [0, 0.1) is 5.92 Å². The van der Waals surface area contributed by atoms with E-state index >= 15 is 0 Å². The van der Waals surface area contributed by atoms with E-state index in [0.717, 1.165) is 0 Å². The van der Waals surface area contributed by atoms with Gasteiger partial charge in [0.1, 0.15) is 0 Å². The number of rotatable bonds is 5. The highest BCUT2D eigenvalue weighted by Crippen LogP contribution is 1.89. The monoisotopic (exact) mass is 189 g/mol. The third-order valence-corrected chi connectivity index (χ3v) is 1.27. The largest absolute Gasteiger partial charge is 0.380 e. The highest BCUT2D eigenvalue weighted by molar-refractivity contribution is 5.77. The lowest BCUT2D eigenvalue weighted by molar-refractivity contribution is -0.124. The van der Waals surface area contributed by atoms with Crippen LogP contribution in [0.2, 0.25) is 0 Å². The number of amides is 1. The molecule has 0 spiro atoms. The van der Waals surface area contributed by atoms with Crippen LogP contribution in [0.4, 0.5) is 0 Å². The Hall–Kier alpha value is -0.570. The molecule has 0 aromatic rings. The highest BCUT2D eigenvalue weighted by atomic mass is 16.5. The standard InChI is InChI=1S/C8H17NO2.C2H6/c1-4-11-6-5-9-8(10)7(2)3;1-2/h7H,4-6H2,1-3H3,(H,9,10);1-2H3. The second-order valence-corrected chi connectivity index (χ2v) is 2.64. The summed E-state index contributed by atoms with van der Waals surface area (Å²) < 4.78 is 5.05. The minimum Gasteiger partial charge on any atom is -0.380 e. The van der Waals surface area contributed by atoms with Crippen LogP contribution in [0.25, 0.3) is 0 Å². The Morgan fingerprint density at radius 2 is 1.92 bits per heavy atom. The Morgan fingerprint density at radius 3 is 2.31 bits per heavy atom. The van der Waals surface area contributed by atoms with Crippen molar-refractivity contribution in [2.75, 3.05) is 19.8 Å². The first-order valence-corrected chi connectivity index (χ1v) is 5.04. The first-order chi connectivity index (χ1) is 6.18. The van der Waals surface area contributed by atoms with E-state index < -0.39 is 0 Å². The van der Waals surface area contributed by atoms with Gasteiger partial charge < -0.3 is 10.1 Å². The van der Waals surface area contributed by atoms with Gasteiger partial charge in [-0.25, -0.2) is 0 Å². The van der Waals surface area contributed by atoms with E-state index in [1.54, 1.807) is 0 Å². The van der Waals surface area contributed by atoms with Gasteiger partial charge in [-0.3, -0.25) is 4.79 Å². The first kappa shape index (κ1) is 14.9. The molecule has 80 valence electrons. The normalized spacial score (nSPS) is 9.08. The van der Waals surface area contributed by atoms with Crippen molar-refractivity contribution in [1.29, 1.82) is 0 Å². The summed E-state index contributed by atoms with van der Waals surface area (Å²) in [7, 11) is 0. The molecular weight excluding hydrogens is 166 g/mol. The van der Waals surface area contributed by atoms with Gasteiger partial charge >= 0.3 is 0 Å². The summed E-state index contributed by atoms with van der Waals surface area (Å²) in [6.45, 7) is 11.6. The van der Waals surface area contributed by atoms with Gasteiger partial charge in [0.2, 0.25) is 5.91 Å². The predicted octanol–water partition coefficient (Wildman–Crippen LogP) is 1.82. The lowest BCUT2D eigenvalue weighted by atomic mass is 10.2. The van der Waals surface area contributed by atoms with Gasteiger partial charge in [0.25, 0.3) is 0 Å². The molecule has 0 aliphatic carbocycles.